The molecule has 3 rings (SSSR count). The van der Waals surface area contributed by atoms with E-state index in [1.165, 1.54) is 4.31 Å². The lowest BCUT2D eigenvalue weighted by atomic mass is 10.0. The number of sulfonamides is 1. The van der Waals surface area contributed by atoms with E-state index in [0.29, 0.717) is 30.9 Å². The maximum Gasteiger partial charge on any atom is 0.258 e. The van der Waals surface area contributed by atoms with Crippen molar-refractivity contribution in [1.82, 2.24) is 14.1 Å². The molecule has 1 heterocycles. The van der Waals surface area contributed by atoms with E-state index in [0.717, 1.165) is 31.4 Å². The Hall–Kier alpha value is -3.03. The molecule has 1 aliphatic rings. The number of amides is 2. The number of aliphatic hydroxyl groups excluding tert-OH is 1. The Morgan fingerprint density at radius 2 is 1.81 bits per heavy atom. The Morgan fingerprint density at radius 1 is 1.11 bits per heavy atom. The van der Waals surface area contributed by atoms with E-state index in [9.17, 15) is 23.1 Å². The number of aryl methyl sites for hydroxylation is 1. The van der Waals surface area contributed by atoms with Crippen molar-refractivity contribution >= 4 is 27.5 Å². The first-order chi connectivity index (χ1) is 22.2. The molecule has 0 saturated carbocycles. The molecule has 11 nitrogen and oxygen atoms in total. The van der Waals surface area contributed by atoms with Gasteiger partial charge in [-0.2, -0.15) is 4.31 Å². The highest BCUT2D eigenvalue weighted by molar-refractivity contribution is 7.89. The van der Waals surface area contributed by atoms with Gasteiger partial charge in [0.2, 0.25) is 15.9 Å². The third-order valence-corrected chi connectivity index (χ3v) is 10.3. The number of anilines is 1. The molecule has 2 aromatic carbocycles. The van der Waals surface area contributed by atoms with Gasteiger partial charge in [0.1, 0.15) is 5.75 Å². The Labute approximate surface area is 281 Å². The molecule has 0 aromatic heterocycles. The van der Waals surface area contributed by atoms with Crippen molar-refractivity contribution in [2.24, 2.45) is 5.92 Å². The largest absolute Gasteiger partial charge is 0.490 e. The summed E-state index contributed by atoms with van der Waals surface area (Å²) in [6, 6.07) is 11.3. The molecular weight excluding hydrogens is 620 g/mol. The lowest BCUT2D eigenvalue weighted by Gasteiger charge is -2.35. The number of hydrogen-bond acceptors (Lipinski definition) is 8. The van der Waals surface area contributed by atoms with E-state index in [1.807, 2.05) is 39.8 Å². The smallest absolute Gasteiger partial charge is 0.258 e. The fraction of sp³-hybridized carbons (Fsp3) is 0.600. The van der Waals surface area contributed by atoms with E-state index in [1.54, 1.807) is 61.3 Å². The molecule has 0 spiro atoms. The third kappa shape index (κ3) is 11.3. The summed E-state index contributed by atoms with van der Waals surface area (Å²) in [5, 5.41) is 13.1. The molecule has 0 fully saturated rings. The molecule has 0 saturated heterocycles. The molecule has 0 bridgehead atoms. The minimum Gasteiger partial charge on any atom is -0.490 e. The Kier molecular flexibility index (Phi) is 14.7. The van der Waals surface area contributed by atoms with Crippen molar-refractivity contribution < 1.29 is 32.6 Å². The van der Waals surface area contributed by atoms with Crippen LogP contribution in [0.2, 0.25) is 0 Å². The van der Waals surface area contributed by atoms with Gasteiger partial charge in [0.05, 0.1) is 35.3 Å². The van der Waals surface area contributed by atoms with Crippen LogP contribution in [-0.4, -0.2) is 112 Å². The predicted molar refractivity (Wildman–Crippen MR) is 184 cm³/mol. The first kappa shape index (κ1) is 38.4. The van der Waals surface area contributed by atoms with Gasteiger partial charge in [-0.05, 0) is 97.4 Å². The lowest BCUT2D eigenvalue weighted by molar-refractivity contribution is -0.116. The Morgan fingerprint density at radius 3 is 2.47 bits per heavy atom. The first-order valence-corrected chi connectivity index (χ1v) is 18.0. The second-order valence-corrected chi connectivity index (χ2v) is 15.1. The van der Waals surface area contributed by atoms with Crippen LogP contribution in [0.3, 0.4) is 0 Å². The van der Waals surface area contributed by atoms with Crippen molar-refractivity contribution in [2.75, 3.05) is 59.3 Å². The molecule has 0 radical (unpaired) electrons. The summed E-state index contributed by atoms with van der Waals surface area (Å²) in [4.78, 5) is 30.8. The fourth-order valence-electron chi connectivity index (χ4n) is 5.48. The second kappa shape index (κ2) is 17.9. The summed E-state index contributed by atoms with van der Waals surface area (Å²) in [5.74, 6) is -0.395. The number of rotatable bonds is 11. The number of fused-ring (bicyclic) bond motifs is 1. The Balaban J connectivity index is 1.92. The van der Waals surface area contributed by atoms with Crippen LogP contribution >= 0.6 is 0 Å². The van der Waals surface area contributed by atoms with E-state index in [-0.39, 0.29) is 54.0 Å². The van der Waals surface area contributed by atoms with Gasteiger partial charge in [0.15, 0.2) is 0 Å². The van der Waals surface area contributed by atoms with Crippen LogP contribution in [0.25, 0.3) is 0 Å². The molecule has 47 heavy (non-hydrogen) atoms. The standard InChI is InChI=1S/C35H54N4O7S/c1-25-13-16-30(17-14-25)47(43,44)38(7)23-33-26(2)22-39(27(3)24-40)35(42)31-21-29(36-34(41)12-10-19-37(5)6)15-18-32(31)46-28(4)11-8-9-20-45-33/h13-18,21,26-28,33,40H,8-12,19-20,22-24H2,1-7H3,(H,36,41)/t26-,27-,28+,33-/m0/s1. The van der Waals surface area contributed by atoms with Crippen molar-refractivity contribution in [3.8, 4) is 5.75 Å². The van der Waals surface area contributed by atoms with Gasteiger partial charge in [-0.15, -0.1) is 0 Å². The molecule has 262 valence electrons. The molecule has 12 heteroatoms. The maximum atomic E-state index is 14.3. The number of aliphatic hydroxyl groups is 1. The van der Waals surface area contributed by atoms with Gasteiger partial charge < -0.3 is 29.7 Å². The number of benzene rings is 2. The molecule has 2 amide bonds. The molecule has 4 atom stereocenters. The zero-order valence-corrected chi connectivity index (χ0v) is 29.9. The zero-order chi connectivity index (χ0) is 34.7. The number of hydrogen-bond donors (Lipinski definition) is 2. The molecular formula is C35H54N4O7S. The quantitative estimate of drug-likeness (QED) is 0.359. The Bertz CT molecular complexity index is 1420. The summed E-state index contributed by atoms with van der Waals surface area (Å²) >= 11 is 0. The highest BCUT2D eigenvalue weighted by Gasteiger charge is 2.32. The average Bonchev–Trinajstić information content (AvgIpc) is 3.02. The van der Waals surface area contributed by atoms with Crippen LogP contribution in [0, 0.1) is 12.8 Å². The van der Waals surface area contributed by atoms with Gasteiger partial charge >= 0.3 is 0 Å². The minimum absolute atomic E-state index is 0.0903. The average molecular weight is 675 g/mol. The molecule has 2 N–H and O–H groups in total. The van der Waals surface area contributed by atoms with Gasteiger partial charge in [-0.1, -0.05) is 24.6 Å². The summed E-state index contributed by atoms with van der Waals surface area (Å²) in [6.07, 6.45) is 2.63. The third-order valence-electron chi connectivity index (χ3n) is 8.51. The number of likely N-dealkylation sites (N-methyl/N-ethyl adjacent to an activating group) is 1. The van der Waals surface area contributed by atoms with Crippen LogP contribution in [0.15, 0.2) is 47.4 Å². The van der Waals surface area contributed by atoms with Crippen molar-refractivity contribution in [3.05, 3.63) is 53.6 Å². The van der Waals surface area contributed by atoms with Crippen LogP contribution in [0.4, 0.5) is 5.69 Å². The molecule has 0 unspecified atom stereocenters. The molecule has 1 aliphatic heterocycles. The number of nitrogens with one attached hydrogen (secondary N) is 1. The normalized spacial score (nSPS) is 20.8. The molecule has 0 aliphatic carbocycles. The summed E-state index contributed by atoms with van der Waals surface area (Å²) in [6.45, 7) is 8.76. The van der Waals surface area contributed by atoms with Crippen LogP contribution in [0.5, 0.6) is 5.75 Å². The fourth-order valence-corrected chi connectivity index (χ4v) is 6.67. The number of ether oxygens (including phenoxy) is 2. The highest BCUT2D eigenvalue weighted by Crippen LogP contribution is 2.29. The van der Waals surface area contributed by atoms with Crippen LogP contribution < -0.4 is 10.1 Å². The van der Waals surface area contributed by atoms with Crippen molar-refractivity contribution in [2.45, 2.75) is 82.9 Å². The second-order valence-electron chi connectivity index (χ2n) is 13.1. The van der Waals surface area contributed by atoms with E-state index >= 15 is 0 Å². The van der Waals surface area contributed by atoms with Gasteiger partial charge in [-0.3, -0.25) is 9.59 Å². The van der Waals surface area contributed by atoms with Gasteiger partial charge in [-0.25, -0.2) is 8.42 Å². The molecule has 2 aromatic rings. The predicted octanol–water partition coefficient (Wildman–Crippen LogP) is 4.39. The number of carbonyl (C=O) groups excluding carboxylic acids is 2. The SMILES string of the molecule is Cc1ccc(S(=O)(=O)N(C)C[C@@H]2OCCCC[C@@H](C)Oc3ccc(NC(=O)CCCN(C)C)cc3C(=O)N([C@@H](C)CO)C[C@@H]2C)cc1. The van der Waals surface area contributed by atoms with Crippen molar-refractivity contribution in [3.63, 3.8) is 0 Å². The zero-order valence-electron chi connectivity index (χ0n) is 29.1. The van der Waals surface area contributed by atoms with Gasteiger partial charge in [0, 0.05) is 44.8 Å². The van der Waals surface area contributed by atoms with Crippen molar-refractivity contribution in [1.29, 1.82) is 0 Å². The number of nitrogens with zero attached hydrogens (tertiary/aromatic N) is 3. The minimum atomic E-state index is -3.78. The van der Waals surface area contributed by atoms with Crippen LogP contribution in [-0.2, 0) is 19.6 Å². The number of carbonyl (C=O) groups is 2. The van der Waals surface area contributed by atoms with E-state index in [4.69, 9.17) is 9.47 Å². The summed E-state index contributed by atoms with van der Waals surface area (Å²) in [5.41, 5.74) is 1.73. The first-order valence-electron chi connectivity index (χ1n) is 16.5. The summed E-state index contributed by atoms with van der Waals surface area (Å²) < 4.78 is 40.8. The van der Waals surface area contributed by atoms with Crippen LogP contribution in [0.1, 0.15) is 68.8 Å². The maximum absolute atomic E-state index is 14.3. The monoisotopic (exact) mass is 674 g/mol. The van der Waals surface area contributed by atoms with E-state index < -0.39 is 22.2 Å². The topological polar surface area (TPSA) is 129 Å². The van der Waals surface area contributed by atoms with E-state index in [2.05, 4.69) is 5.32 Å². The summed E-state index contributed by atoms with van der Waals surface area (Å²) in [7, 11) is 1.68. The highest BCUT2D eigenvalue weighted by atomic mass is 32.2. The van der Waals surface area contributed by atoms with Gasteiger partial charge in [0.25, 0.3) is 5.91 Å². The lowest BCUT2D eigenvalue weighted by Crippen LogP contribution is -2.48.